The molecule has 1 aromatic carbocycles. The second-order valence-electron chi connectivity index (χ2n) is 9.19. The number of aromatic nitrogens is 4. The van der Waals surface area contributed by atoms with E-state index in [0.29, 0.717) is 0 Å². The van der Waals surface area contributed by atoms with E-state index in [1.165, 1.54) is 17.8 Å². The molecule has 5 N–H and O–H groups in total. The number of nitrogen functional groups attached to an aromatic ring is 1. The lowest BCUT2D eigenvalue weighted by molar-refractivity contribution is -0.149. The quantitative estimate of drug-likeness (QED) is 0.115. The number of nitrogens with two attached hydrogens (primary N) is 1. The summed E-state index contributed by atoms with van der Waals surface area (Å²) in [7, 11) is -4.29. The van der Waals surface area contributed by atoms with Crippen LogP contribution in [0.1, 0.15) is 27.0 Å². The molecule has 214 valence electrons. The minimum absolute atomic E-state index is 0.0116. The molecule has 14 nitrogen and oxygen atoms in total. The van der Waals surface area contributed by atoms with Gasteiger partial charge < -0.3 is 24.8 Å². The predicted octanol–water partition coefficient (Wildman–Crippen LogP) is 1.70. The molecule has 4 rings (SSSR count). The van der Waals surface area contributed by atoms with Gasteiger partial charge in [0.25, 0.3) is 5.56 Å². The number of benzene rings is 1. The first kappa shape index (κ1) is 29.5. The van der Waals surface area contributed by atoms with Crippen LogP contribution < -0.4 is 20.9 Å². The minimum Gasteiger partial charge on any atom is -0.462 e. The molecule has 1 fully saturated rings. The number of rotatable bonds is 10. The predicted molar refractivity (Wildman–Crippen MR) is 144 cm³/mol. The standard InChI is InChI=1S/C24H28ClN6O8P/c1-5-24(25)18(32)16(38-22(24)31-12-27-17-19(31)28-23(26)29-20(17)33)11-36-40(35,39-15-9-7-6-8-10-15)30-14(4)21(34)37-13(2)3/h1,6-10,12-14,16,18,22,32H,11H2,2-4H3,(H,30,35)(H3,26,28,29,33)/t14-,16+,18-,22+,24?,40?/m0/s1. The summed E-state index contributed by atoms with van der Waals surface area (Å²) in [5.74, 6) is 1.63. The highest BCUT2D eigenvalue weighted by Gasteiger charge is 2.56. The van der Waals surface area contributed by atoms with Crippen LogP contribution in [-0.4, -0.2) is 66.4 Å². The molecule has 3 heterocycles. The normalized spacial score (nSPS) is 24.9. The van der Waals surface area contributed by atoms with E-state index in [-0.39, 0.29) is 22.9 Å². The summed E-state index contributed by atoms with van der Waals surface area (Å²) in [5, 5.41) is 13.6. The summed E-state index contributed by atoms with van der Waals surface area (Å²) in [6, 6.07) is 7.02. The van der Waals surface area contributed by atoms with Gasteiger partial charge in [0.2, 0.25) is 5.95 Å². The highest BCUT2D eigenvalue weighted by molar-refractivity contribution is 7.52. The molecule has 0 radical (unpaired) electrons. The maximum atomic E-state index is 13.8. The van der Waals surface area contributed by atoms with Crippen molar-refractivity contribution in [1.82, 2.24) is 24.6 Å². The van der Waals surface area contributed by atoms with Crippen LogP contribution in [0.3, 0.4) is 0 Å². The Morgan fingerprint density at radius 3 is 2.75 bits per heavy atom. The molecule has 6 atom stereocenters. The number of terminal acetylenes is 1. The average Bonchev–Trinajstić information content (AvgIpc) is 3.42. The summed E-state index contributed by atoms with van der Waals surface area (Å²) >= 11 is 6.65. The van der Waals surface area contributed by atoms with E-state index < -0.39 is 61.3 Å². The first-order valence-corrected chi connectivity index (χ1v) is 14.0. The second-order valence-corrected chi connectivity index (χ2v) is 11.5. The van der Waals surface area contributed by atoms with Crippen LogP contribution in [0, 0.1) is 12.3 Å². The van der Waals surface area contributed by atoms with Gasteiger partial charge in [0.1, 0.15) is 24.0 Å². The summed E-state index contributed by atoms with van der Waals surface area (Å²) in [5.41, 5.74) is 5.03. The Morgan fingerprint density at radius 2 is 2.10 bits per heavy atom. The number of hydrogen-bond acceptors (Lipinski definition) is 11. The Morgan fingerprint density at radius 1 is 1.40 bits per heavy atom. The summed E-state index contributed by atoms with van der Waals surface area (Å²) in [6.07, 6.45) is 2.40. The number of carbonyl (C=O) groups excluding carboxylic acids is 1. The molecule has 1 aliphatic rings. The van der Waals surface area contributed by atoms with Gasteiger partial charge in [-0.05, 0) is 32.9 Å². The van der Waals surface area contributed by atoms with Gasteiger partial charge in [-0.25, -0.2) is 9.55 Å². The fourth-order valence-corrected chi connectivity index (χ4v) is 5.73. The number of anilines is 1. The van der Waals surface area contributed by atoms with Crippen LogP contribution in [0.25, 0.3) is 11.2 Å². The van der Waals surface area contributed by atoms with Crippen molar-refractivity contribution in [1.29, 1.82) is 0 Å². The van der Waals surface area contributed by atoms with Crippen LogP contribution in [0.2, 0.25) is 0 Å². The molecule has 0 spiro atoms. The number of ether oxygens (including phenoxy) is 2. The minimum atomic E-state index is -4.29. The maximum absolute atomic E-state index is 13.8. The molecule has 16 heteroatoms. The van der Waals surface area contributed by atoms with Crippen LogP contribution in [0.15, 0.2) is 41.5 Å². The number of fused-ring (bicyclic) bond motifs is 1. The molecule has 2 aromatic heterocycles. The molecule has 1 aliphatic heterocycles. The molecule has 0 amide bonds. The lowest BCUT2D eigenvalue weighted by atomic mass is 9.99. The van der Waals surface area contributed by atoms with Crippen molar-refractivity contribution in [2.45, 2.75) is 56.2 Å². The highest BCUT2D eigenvalue weighted by atomic mass is 35.5. The average molecular weight is 595 g/mol. The first-order valence-electron chi connectivity index (χ1n) is 12.1. The molecule has 40 heavy (non-hydrogen) atoms. The van der Waals surface area contributed by atoms with Crippen molar-refractivity contribution in [3.8, 4) is 18.1 Å². The summed E-state index contributed by atoms with van der Waals surface area (Å²) in [6.45, 7) is 4.23. The van der Waals surface area contributed by atoms with Gasteiger partial charge in [-0.1, -0.05) is 35.7 Å². The number of aromatic amines is 1. The Balaban J connectivity index is 1.59. The number of imidazole rings is 1. The number of nitrogens with zero attached hydrogens (tertiary/aromatic N) is 3. The summed E-state index contributed by atoms with van der Waals surface area (Å²) < 4.78 is 37.4. The van der Waals surface area contributed by atoms with Gasteiger partial charge in [-0.15, -0.1) is 6.42 Å². The Bertz CT molecular complexity index is 1530. The van der Waals surface area contributed by atoms with Gasteiger partial charge in [0, 0.05) is 0 Å². The van der Waals surface area contributed by atoms with Crippen LogP contribution in [0.4, 0.5) is 5.95 Å². The van der Waals surface area contributed by atoms with Crippen molar-refractivity contribution in [3.63, 3.8) is 0 Å². The zero-order valence-corrected chi connectivity index (χ0v) is 23.3. The highest BCUT2D eigenvalue weighted by Crippen LogP contribution is 2.48. The van der Waals surface area contributed by atoms with E-state index in [2.05, 4.69) is 26.0 Å². The number of hydrogen-bond donors (Lipinski definition) is 4. The zero-order chi connectivity index (χ0) is 29.2. The monoisotopic (exact) mass is 594 g/mol. The van der Waals surface area contributed by atoms with Crippen molar-refractivity contribution < 1.29 is 33.0 Å². The molecule has 1 saturated heterocycles. The lowest BCUT2D eigenvalue weighted by Crippen LogP contribution is -2.42. The number of carbonyl (C=O) groups is 1. The number of aliphatic hydroxyl groups is 1. The van der Waals surface area contributed by atoms with Crippen molar-refractivity contribution in [2.75, 3.05) is 12.3 Å². The third kappa shape index (κ3) is 6.00. The van der Waals surface area contributed by atoms with E-state index in [9.17, 15) is 19.3 Å². The molecular formula is C24H28ClN6O8P. The van der Waals surface area contributed by atoms with Crippen molar-refractivity contribution in [2.24, 2.45) is 0 Å². The molecule has 0 saturated carbocycles. The van der Waals surface area contributed by atoms with E-state index >= 15 is 0 Å². The largest absolute Gasteiger partial charge is 0.462 e. The van der Waals surface area contributed by atoms with Crippen LogP contribution in [-0.2, 0) is 23.4 Å². The number of aliphatic hydroxyl groups excluding tert-OH is 1. The molecular weight excluding hydrogens is 567 g/mol. The number of esters is 1. The number of H-pyrrole nitrogens is 1. The van der Waals surface area contributed by atoms with E-state index in [1.54, 1.807) is 44.2 Å². The number of halogens is 1. The molecule has 3 aromatic rings. The van der Waals surface area contributed by atoms with E-state index in [4.69, 9.17) is 42.3 Å². The molecule has 2 unspecified atom stereocenters. The topological polar surface area (TPSA) is 193 Å². The zero-order valence-electron chi connectivity index (χ0n) is 21.7. The number of para-hydroxylation sites is 1. The van der Waals surface area contributed by atoms with Gasteiger partial charge in [0.15, 0.2) is 22.3 Å². The maximum Gasteiger partial charge on any atom is 0.459 e. The second kappa shape index (κ2) is 11.6. The Labute approximate surface area is 233 Å². The van der Waals surface area contributed by atoms with Crippen LogP contribution >= 0.6 is 19.3 Å². The summed E-state index contributed by atoms with van der Waals surface area (Å²) in [4.78, 5) is 33.1. The third-order valence-electron chi connectivity index (χ3n) is 5.80. The smallest absolute Gasteiger partial charge is 0.459 e. The lowest BCUT2D eigenvalue weighted by Gasteiger charge is -2.26. The van der Waals surface area contributed by atoms with Gasteiger partial charge in [-0.2, -0.15) is 10.1 Å². The van der Waals surface area contributed by atoms with E-state index in [1.807, 2.05) is 0 Å². The fourth-order valence-electron chi connectivity index (χ4n) is 3.93. The Hall–Kier alpha value is -3.44. The Kier molecular flexibility index (Phi) is 8.55. The fraction of sp³-hybridized carbons (Fsp3) is 0.417. The molecule has 0 bridgehead atoms. The van der Waals surface area contributed by atoms with E-state index in [0.717, 1.165) is 0 Å². The molecule has 0 aliphatic carbocycles. The third-order valence-corrected chi connectivity index (χ3v) is 7.97. The SMILES string of the molecule is C#CC1(Cl)[C@@H](O)[C@@H](COP(=O)(N[C@@H](C)C(=O)OC(C)C)Oc2ccccc2)O[C@H]1n1cnc2c(=O)[nH]c(N)nc21. The van der Waals surface area contributed by atoms with Gasteiger partial charge >= 0.3 is 13.7 Å². The van der Waals surface area contributed by atoms with Crippen LogP contribution in [0.5, 0.6) is 5.75 Å². The van der Waals surface area contributed by atoms with Crippen molar-refractivity contribution >= 4 is 42.4 Å². The van der Waals surface area contributed by atoms with Gasteiger partial charge in [0.05, 0.1) is 19.0 Å². The number of alkyl halides is 1. The van der Waals surface area contributed by atoms with Gasteiger partial charge in [-0.3, -0.25) is 23.7 Å². The number of nitrogens with one attached hydrogen (secondary N) is 2. The van der Waals surface area contributed by atoms with Crippen molar-refractivity contribution in [3.05, 3.63) is 47.0 Å². The first-order chi connectivity index (χ1) is 18.9.